The maximum atomic E-state index is 5.34. The first-order chi connectivity index (χ1) is 8.42. The van der Waals surface area contributed by atoms with E-state index in [1.54, 1.807) is 0 Å². The maximum absolute atomic E-state index is 5.34. The molecule has 2 aliphatic heterocycles. The first-order valence-electron chi connectivity index (χ1n) is 6.55. The van der Waals surface area contributed by atoms with Crippen LogP contribution in [0.4, 0.5) is 0 Å². The van der Waals surface area contributed by atoms with E-state index in [-0.39, 0.29) is 0 Å². The lowest BCUT2D eigenvalue weighted by molar-refractivity contribution is 0.192. The lowest BCUT2D eigenvalue weighted by atomic mass is 10.0. The monoisotopic (exact) mass is 237 g/mol. The number of hydrogen-bond acceptors (Lipinski definition) is 5. The third-order valence-corrected chi connectivity index (χ3v) is 3.61. The van der Waals surface area contributed by atoms with Crippen molar-refractivity contribution in [1.29, 1.82) is 0 Å². The molecule has 5 nitrogen and oxygen atoms in total. The molecular formula is C12H19N3O2. The molecular weight excluding hydrogens is 218 g/mol. The highest BCUT2D eigenvalue weighted by Crippen LogP contribution is 2.23. The number of piperidine rings is 1. The van der Waals surface area contributed by atoms with E-state index in [4.69, 9.17) is 9.26 Å². The number of aromatic nitrogens is 2. The van der Waals surface area contributed by atoms with Crippen molar-refractivity contribution in [3.63, 3.8) is 0 Å². The second kappa shape index (κ2) is 5.14. The highest BCUT2D eigenvalue weighted by atomic mass is 16.5. The Labute approximate surface area is 101 Å². The van der Waals surface area contributed by atoms with Crippen LogP contribution >= 0.6 is 0 Å². The second-order valence-electron chi connectivity index (χ2n) is 4.96. The van der Waals surface area contributed by atoms with Crippen molar-refractivity contribution in [3.8, 4) is 0 Å². The molecule has 0 amide bonds. The Morgan fingerprint density at radius 3 is 3.06 bits per heavy atom. The van der Waals surface area contributed by atoms with Gasteiger partial charge in [0, 0.05) is 25.0 Å². The van der Waals surface area contributed by atoms with Gasteiger partial charge in [0.25, 0.3) is 0 Å². The molecule has 0 aliphatic carbocycles. The minimum atomic E-state index is 0.340. The molecule has 1 aromatic heterocycles. The molecule has 0 spiro atoms. The number of hydrogen-bond donors (Lipinski definition) is 1. The van der Waals surface area contributed by atoms with E-state index in [2.05, 4.69) is 15.5 Å². The fraction of sp³-hybridized carbons (Fsp3) is 0.833. The average molecular weight is 237 g/mol. The summed E-state index contributed by atoms with van der Waals surface area (Å²) < 4.78 is 10.7. The predicted molar refractivity (Wildman–Crippen MR) is 61.8 cm³/mol. The Balaban J connectivity index is 1.59. The van der Waals surface area contributed by atoms with Gasteiger partial charge in [0.05, 0.1) is 6.61 Å². The number of ether oxygens (including phenoxy) is 1. The summed E-state index contributed by atoms with van der Waals surface area (Å²) in [7, 11) is 0. The van der Waals surface area contributed by atoms with Crippen LogP contribution in [-0.2, 0) is 11.2 Å². The van der Waals surface area contributed by atoms with E-state index in [1.807, 2.05) is 0 Å². The van der Waals surface area contributed by atoms with Crippen LogP contribution in [0.25, 0.3) is 0 Å². The molecule has 2 aliphatic rings. The number of rotatable bonds is 3. The predicted octanol–water partition coefficient (Wildman–Crippen LogP) is 1.26. The van der Waals surface area contributed by atoms with Crippen molar-refractivity contribution in [1.82, 2.24) is 15.5 Å². The summed E-state index contributed by atoms with van der Waals surface area (Å²) in [6.07, 6.45) is 5.67. The van der Waals surface area contributed by atoms with E-state index < -0.39 is 0 Å². The zero-order valence-corrected chi connectivity index (χ0v) is 10.0. The maximum Gasteiger partial charge on any atom is 0.228 e. The van der Waals surface area contributed by atoms with Crippen molar-refractivity contribution in [3.05, 3.63) is 11.7 Å². The van der Waals surface area contributed by atoms with Crippen LogP contribution in [0, 0.1) is 0 Å². The van der Waals surface area contributed by atoms with Crippen LogP contribution in [0.5, 0.6) is 0 Å². The van der Waals surface area contributed by atoms with E-state index in [1.165, 1.54) is 19.3 Å². The van der Waals surface area contributed by atoms with Gasteiger partial charge in [-0.25, -0.2) is 0 Å². The Hall–Kier alpha value is -0.940. The second-order valence-corrected chi connectivity index (χ2v) is 4.96. The van der Waals surface area contributed by atoms with E-state index in [9.17, 15) is 0 Å². The third kappa shape index (κ3) is 2.66. The molecule has 0 radical (unpaired) electrons. The first kappa shape index (κ1) is 11.2. The number of nitrogens with zero attached hydrogens (tertiary/aromatic N) is 2. The van der Waals surface area contributed by atoms with Gasteiger partial charge in [-0.05, 0) is 25.8 Å². The first-order valence-corrected chi connectivity index (χ1v) is 6.55. The quantitative estimate of drug-likeness (QED) is 0.857. The molecule has 3 rings (SSSR count). The fourth-order valence-electron chi connectivity index (χ4n) is 2.56. The van der Waals surface area contributed by atoms with E-state index in [0.29, 0.717) is 12.0 Å². The van der Waals surface area contributed by atoms with Gasteiger partial charge in [-0.15, -0.1) is 0 Å². The van der Waals surface area contributed by atoms with Crippen LogP contribution in [0.3, 0.4) is 0 Å². The van der Waals surface area contributed by atoms with Gasteiger partial charge in [-0.1, -0.05) is 11.6 Å². The van der Waals surface area contributed by atoms with Gasteiger partial charge in [0.1, 0.15) is 0 Å². The summed E-state index contributed by atoms with van der Waals surface area (Å²) in [4.78, 5) is 4.49. The summed E-state index contributed by atoms with van der Waals surface area (Å²) >= 11 is 0. The standard InChI is InChI=1S/C12H19N3O2/c1-2-5-13-10(3-1)7-11-14-12(15-17-11)9-4-6-16-8-9/h9-10,13H,1-8H2. The van der Waals surface area contributed by atoms with Crippen molar-refractivity contribution in [2.24, 2.45) is 0 Å². The summed E-state index contributed by atoms with van der Waals surface area (Å²) in [5.74, 6) is 1.94. The normalized spacial score (nSPS) is 29.6. The Morgan fingerprint density at radius 1 is 1.29 bits per heavy atom. The SMILES string of the molecule is C1CCC(Cc2nc(C3CCOC3)no2)NC1. The van der Waals surface area contributed by atoms with Crippen LogP contribution < -0.4 is 5.32 Å². The number of nitrogens with one attached hydrogen (secondary N) is 1. The highest BCUT2D eigenvalue weighted by Gasteiger charge is 2.24. The van der Waals surface area contributed by atoms with Gasteiger partial charge >= 0.3 is 0 Å². The average Bonchev–Trinajstić information content (AvgIpc) is 3.00. The molecule has 2 atom stereocenters. The third-order valence-electron chi connectivity index (χ3n) is 3.61. The summed E-state index contributed by atoms with van der Waals surface area (Å²) in [5.41, 5.74) is 0. The zero-order chi connectivity index (χ0) is 11.5. The lowest BCUT2D eigenvalue weighted by Gasteiger charge is -2.21. The van der Waals surface area contributed by atoms with E-state index >= 15 is 0 Å². The molecule has 1 aromatic rings. The molecule has 17 heavy (non-hydrogen) atoms. The zero-order valence-electron chi connectivity index (χ0n) is 10.0. The molecule has 0 saturated carbocycles. The van der Waals surface area contributed by atoms with Crippen LogP contribution in [0.15, 0.2) is 4.52 Å². The van der Waals surface area contributed by atoms with Crippen LogP contribution in [-0.4, -0.2) is 35.9 Å². The summed E-state index contributed by atoms with van der Waals surface area (Å²) in [6.45, 7) is 2.67. The van der Waals surface area contributed by atoms with Crippen LogP contribution in [0.2, 0.25) is 0 Å². The van der Waals surface area contributed by atoms with Crippen molar-refractivity contribution in [2.75, 3.05) is 19.8 Å². The molecule has 2 unspecified atom stereocenters. The molecule has 0 bridgehead atoms. The highest BCUT2D eigenvalue weighted by molar-refractivity contribution is 4.98. The molecule has 1 N–H and O–H groups in total. The van der Waals surface area contributed by atoms with Crippen molar-refractivity contribution in [2.45, 2.75) is 44.1 Å². The molecule has 94 valence electrons. The van der Waals surface area contributed by atoms with Crippen molar-refractivity contribution < 1.29 is 9.26 Å². The van der Waals surface area contributed by atoms with Gasteiger partial charge in [0.2, 0.25) is 5.89 Å². The van der Waals surface area contributed by atoms with Gasteiger partial charge in [-0.3, -0.25) is 0 Å². The summed E-state index contributed by atoms with van der Waals surface area (Å²) in [6, 6.07) is 0.511. The minimum Gasteiger partial charge on any atom is -0.381 e. The molecule has 2 saturated heterocycles. The molecule has 5 heteroatoms. The van der Waals surface area contributed by atoms with Gasteiger partial charge in [0.15, 0.2) is 5.82 Å². The summed E-state index contributed by atoms with van der Waals surface area (Å²) in [5, 5.41) is 7.56. The fourth-order valence-corrected chi connectivity index (χ4v) is 2.56. The molecule has 0 aromatic carbocycles. The van der Waals surface area contributed by atoms with Crippen LogP contribution in [0.1, 0.15) is 43.3 Å². The van der Waals surface area contributed by atoms with E-state index in [0.717, 1.165) is 44.3 Å². The molecule has 3 heterocycles. The van der Waals surface area contributed by atoms with Gasteiger partial charge in [-0.2, -0.15) is 4.98 Å². The lowest BCUT2D eigenvalue weighted by Crippen LogP contribution is -2.35. The smallest absolute Gasteiger partial charge is 0.228 e. The van der Waals surface area contributed by atoms with Crippen molar-refractivity contribution >= 4 is 0 Å². The minimum absolute atomic E-state index is 0.340. The largest absolute Gasteiger partial charge is 0.381 e. The Morgan fingerprint density at radius 2 is 2.29 bits per heavy atom. The molecule has 2 fully saturated rings. The van der Waals surface area contributed by atoms with Gasteiger partial charge < -0.3 is 14.6 Å². The topological polar surface area (TPSA) is 60.2 Å². The Bertz CT molecular complexity index is 354. The Kier molecular flexibility index (Phi) is 3.38.